The van der Waals surface area contributed by atoms with Gasteiger partial charge < -0.3 is 15.6 Å². The molecule has 3 nitrogen and oxygen atoms in total. The molecular weight excluding hydrogens is 226 g/mol. The molecule has 0 spiro atoms. The maximum absolute atomic E-state index is 10.2. The fourth-order valence-electron chi connectivity index (χ4n) is 2.61. The van der Waals surface area contributed by atoms with Crippen molar-refractivity contribution in [3.05, 3.63) is 34.9 Å². The van der Waals surface area contributed by atoms with Gasteiger partial charge in [0.25, 0.3) is 0 Å². The van der Waals surface area contributed by atoms with Crippen LogP contribution in [0.25, 0.3) is 0 Å². The molecule has 100 valence electrons. The smallest absolute Gasteiger partial charge is 0.0803 e. The molecule has 3 N–H and O–H groups in total. The number of ether oxygens (including phenoxy) is 1. The second-order valence-electron chi connectivity index (χ2n) is 5.63. The zero-order chi connectivity index (χ0) is 13.3. The molecule has 0 aliphatic carbocycles. The molecule has 0 amide bonds. The Balaban J connectivity index is 2.45. The molecule has 3 heteroatoms. The number of benzene rings is 1. The maximum Gasteiger partial charge on any atom is 0.0803 e. The van der Waals surface area contributed by atoms with Crippen LogP contribution in [0, 0.1) is 6.92 Å². The average molecular weight is 249 g/mol. The van der Waals surface area contributed by atoms with Gasteiger partial charge in [0.05, 0.1) is 24.7 Å². The Morgan fingerprint density at radius 1 is 1.39 bits per heavy atom. The summed E-state index contributed by atoms with van der Waals surface area (Å²) < 4.78 is 5.36. The molecule has 1 atom stereocenters. The van der Waals surface area contributed by atoms with Gasteiger partial charge in [-0.15, -0.1) is 0 Å². The highest BCUT2D eigenvalue weighted by atomic mass is 16.5. The van der Waals surface area contributed by atoms with E-state index in [0.29, 0.717) is 19.1 Å². The van der Waals surface area contributed by atoms with Crippen LogP contribution in [0.3, 0.4) is 0 Å². The first-order valence-electron chi connectivity index (χ1n) is 6.58. The van der Waals surface area contributed by atoms with Crippen molar-refractivity contribution in [3.8, 4) is 0 Å². The van der Waals surface area contributed by atoms with Crippen LogP contribution in [0.1, 0.15) is 36.5 Å². The van der Waals surface area contributed by atoms with Gasteiger partial charge in [-0.05, 0) is 29.5 Å². The first kappa shape index (κ1) is 13.5. The van der Waals surface area contributed by atoms with Crippen LogP contribution >= 0.6 is 0 Å². The zero-order valence-electron chi connectivity index (χ0n) is 11.4. The molecule has 18 heavy (non-hydrogen) atoms. The molecule has 0 radical (unpaired) electrons. The predicted molar refractivity (Wildman–Crippen MR) is 72.8 cm³/mol. The van der Waals surface area contributed by atoms with Gasteiger partial charge in [0.2, 0.25) is 0 Å². The number of aryl methyl sites for hydroxylation is 1. The molecule has 1 aliphatic rings. The summed E-state index contributed by atoms with van der Waals surface area (Å²) in [7, 11) is 0. The van der Waals surface area contributed by atoms with Gasteiger partial charge in [-0.25, -0.2) is 0 Å². The highest BCUT2D eigenvalue weighted by Gasteiger charge is 2.47. The van der Waals surface area contributed by atoms with Gasteiger partial charge in [-0.2, -0.15) is 0 Å². The summed E-state index contributed by atoms with van der Waals surface area (Å²) in [6.07, 6.45) is -0.535. The maximum atomic E-state index is 10.2. The lowest BCUT2D eigenvalue weighted by molar-refractivity contribution is -0.117. The van der Waals surface area contributed by atoms with Crippen LogP contribution in [-0.2, 0) is 10.2 Å². The van der Waals surface area contributed by atoms with Crippen LogP contribution in [0.2, 0.25) is 0 Å². The van der Waals surface area contributed by atoms with Crippen LogP contribution < -0.4 is 5.73 Å². The number of hydrogen-bond acceptors (Lipinski definition) is 3. The Morgan fingerprint density at radius 2 is 2.06 bits per heavy atom. The standard InChI is InChI=1S/C15H23NO2/c1-10(2)12-5-4-11(3)13(6-12)15(8-18-9-15)14(17)7-16/h4-6,10,14,17H,7-9,16H2,1-3H3. The summed E-state index contributed by atoms with van der Waals surface area (Å²) in [6, 6.07) is 6.50. The van der Waals surface area contributed by atoms with Crippen LogP contribution in [0.4, 0.5) is 0 Å². The number of hydrogen-bond donors (Lipinski definition) is 2. The third-order valence-electron chi connectivity index (χ3n) is 4.05. The second kappa shape index (κ2) is 5.00. The summed E-state index contributed by atoms with van der Waals surface area (Å²) in [4.78, 5) is 0. The predicted octanol–water partition coefficient (Wildman–Crippen LogP) is 1.71. The number of rotatable bonds is 4. The molecule has 1 unspecified atom stereocenters. The molecule has 1 fully saturated rings. The second-order valence-corrected chi connectivity index (χ2v) is 5.63. The highest BCUT2D eigenvalue weighted by Crippen LogP contribution is 2.38. The third kappa shape index (κ3) is 2.07. The first-order valence-corrected chi connectivity index (χ1v) is 6.58. The van der Waals surface area contributed by atoms with Crippen LogP contribution in [-0.4, -0.2) is 31.0 Å². The van der Waals surface area contributed by atoms with E-state index in [1.54, 1.807) is 0 Å². The van der Waals surface area contributed by atoms with Crippen LogP contribution in [0.5, 0.6) is 0 Å². The molecule has 1 aromatic rings. The Labute approximate surface area is 109 Å². The molecule has 0 bridgehead atoms. The molecular formula is C15H23NO2. The van der Waals surface area contributed by atoms with E-state index in [0.717, 1.165) is 0 Å². The van der Waals surface area contributed by atoms with E-state index in [1.165, 1.54) is 16.7 Å². The summed E-state index contributed by atoms with van der Waals surface area (Å²) >= 11 is 0. The minimum absolute atomic E-state index is 0.273. The summed E-state index contributed by atoms with van der Waals surface area (Å²) in [6.45, 7) is 7.84. The quantitative estimate of drug-likeness (QED) is 0.854. The fraction of sp³-hybridized carbons (Fsp3) is 0.600. The van der Waals surface area contributed by atoms with Crippen molar-refractivity contribution in [1.82, 2.24) is 0 Å². The van der Waals surface area contributed by atoms with Crippen LogP contribution in [0.15, 0.2) is 18.2 Å². The van der Waals surface area contributed by atoms with Gasteiger partial charge in [-0.3, -0.25) is 0 Å². The molecule has 1 saturated heterocycles. The number of aliphatic hydroxyl groups excluding tert-OH is 1. The topological polar surface area (TPSA) is 55.5 Å². The molecule has 1 aliphatic heterocycles. The van der Waals surface area contributed by atoms with E-state index in [1.807, 2.05) is 0 Å². The van der Waals surface area contributed by atoms with Gasteiger partial charge in [0.1, 0.15) is 0 Å². The molecule has 1 heterocycles. The Kier molecular flexibility index (Phi) is 3.76. The Morgan fingerprint density at radius 3 is 2.50 bits per heavy atom. The number of nitrogens with two attached hydrogens (primary N) is 1. The first-order chi connectivity index (χ1) is 8.51. The van der Waals surface area contributed by atoms with E-state index in [4.69, 9.17) is 10.5 Å². The van der Waals surface area contributed by atoms with Gasteiger partial charge in [-0.1, -0.05) is 32.0 Å². The summed E-state index contributed by atoms with van der Waals surface area (Å²) in [5.41, 5.74) is 9.04. The molecule has 0 saturated carbocycles. The van der Waals surface area contributed by atoms with Crippen molar-refractivity contribution < 1.29 is 9.84 Å². The van der Waals surface area contributed by atoms with Gasteiger partial charge in [0, 0.05) is 6.54 Å². The lowest BCUT2D eigenvalue weighted by atomic mass is 9.71. The molecule has 1 aromatic carbocycles. The van der Waals surface area contributed by atoms with E-state index in [-0.39, 0.29) is 12.0 Å². The third-order valence-corrected chi connectivity index (χ3v) is 4.05. The molecule has 2 rings (SSSR count). The van der Waals surface area contributed by atoms with Crippen molar-refractivity contribution in [2.75, 3.05) is 19.8 Å². The lowest BCUT2D eigenvalue weighted by Crippen LogP contribution is -2.58. The van der Waals surface area contributed by atoms with Crippen molar-refractivity contribution in [2.24, 2.45) is 5.73 Å². The Bertz CT molecular complexity index is 425. The van der Waals surface area contributed by atoms with Gasteiger partial charge >= 0.3 is 0 Å². The SMILES string of the molecule is Cc1ccc(C(C)C)cc1C1(C(O)CN)COC1. The lowest BCUT2D eigenvalue weighted by Gasteiger charge is -2.46. The average Bonchev–Trinajstić information content (AvgIpc) is 2.29. The molecule has 0 aromatic heterocycles. The van der Waals surface area contributed by atoms with Crippen molar-refractivity contribution >= 4 is 0 Å². The van der Waals surface area contributed by atoms with E-state index >= 15 is 0 Å². The minimum atomic E-state index is -0.535. The van der Waals surface area contributed by atoms with Gasteiger partial charge in [0.15, 0.2) is 0 Å². The van der Waals surface area contributed by atoms with E-state index in [2.05, 4.69) is 39.0 Å². The normalized spacial score (nSPS) is 19.7. The fourth-order valence-corrected chi connectivity index (χ4v) is 2.61. The Hall–Kier alpha value is -0.900. The number of aliphatic hydroxyl groups is 1. The van der Waals surface area contributed by atoms with E-state index in [9.17, 15) is 5.11 Å². The van der Waals surface area contributed by atoms with Crippen molar-refractivity contribution in [2.45, 2.75) is 38.2 Å². The largest absolute Gasteiger partial charge is 0.391 e. The summed E-state index contributed by atoms with van der Waals surface area (Å²) in [5, 5.41) is 10.2. The minimum Gasteiger partial charge on any atom is -0.391 e. The van der Waals surface area contributed by atoms with E-state index < -0.39 is 6.10 Å². The van der Waals surface area contributed by atoms with Crippen molar-refractivity contribution in [3.63, 3.8) is 0 Å². The zero-order valence-corrected chi connectivity index (χ0v) is 11.4. The summed E-state index contributed by atoms with van der Waals surface area (Å²) in [5.74, 6) is 0.484. The van der Waals surface area contributed by atoms with Crippen molar-refractivity contribution in [1.29, 1.82) is 0 Å². The highest BCUT2D eigenvalue weighted by molar-refractivity contribution is 5.41. The monoisotopic (exact) mass is 249 g/mol.